The predicted octanol–water partition coefficient (Wildman–Crippen LogP) is 5.58. The number of hydrogen-bond donors (Lipinski definition) is 1. The molecule has 0 saturated carbocycles. The molecule has 0 radical (unpaired) electrons. The summed E-state index contributed by atoms with van der Waals surface area (Å²) in [5.41, 5.74) is 1.99. The first-order valence-electron chi connectivity index (χ1n) is 8.85. The van der Waals surface area contributed by atoms with E-state index in [2.05, 4.69) is 31.3 Å². The highest BCUT2D eigenvalue weighted by Gasteiger charge is 2.40. The zero-order chi connectivity index (χ0) is 18.6. The Morgan fingerprint density at radius 3 is 2.46 bits per heavy atom. The Morgan fingerprint density at radius 2 is 1.81 bits per heavy atom. The smallest absolute Gasteiger partial charge is 0.215 e. The second-order valence-corrected chi connectivity index (χ2v) is 10.8. The van der Waals surface area contributed by atoms with Crippen molar-refractivity contribution in [2.24, 2.45) is 5.41 Å². The lowest BCUT2D eigenvalue weighted by Crippen LogP contribution is -2.31. The van der Waals surface area contributed by atoms with Crippen LogP contribution in [0.4, 0.5) is 5.69 Å². The van der Waals surface area contributed by atoms with Gasteiger partial charge in [0.25, 0.3) is 0 Å². The molecule has 1 aliphatic heterocycles. The molecule has 3 rings (SSSR count). The minimum absolute atomic E-state index is 0.0154. The van der Waals surface area contributed by atoms with Crippen LogP contribution in [0.5, 0.6) is 5.75 Å². The Bertz CT molecular complexity index is 768. The van der Waals surface area contributed by atoms with Gasteiger partial charge < -0.3 is 19.1 Å². The Morgan fingerprint density at radius 1 is 1.12 bits per heavy atom. The Labute approximate surface area is 161 Å². The molecular formula is C20H26NO3PS. The summed E-state index contributed by atoms with van der Waals surface area (Å²) in [4.78, 5) is 0. The van der Waals surface area contributed by atoms with E-state index in [4.69, 9.17) is 25.6 Å². The number of rotatable bonds is 6. The summed E-state index contributed by atoms with van der Waals surface area (Å²) in [7, 11) is 0. The first-order chi connectivity index (χ1) is 12.4. The average molecular weight is 391 g/mol. The quantitative estimate of drug-likeness (QED) is 0.651. The van der Waals surface area contributed by atoms with E-state index in [1.165, 1.54) is 0 Å². The van der Waals surface area contributed by atoms with Crippen LogP contribution >= 0.6 is 6.49 Å². The molecule has 0 aromatic heterocycles. The molecule has 0 bridgehead atoms. The lowest BCUT2D eigenvalue weighted by atomic mass is 9.97. The SMILES string of the molecule is CCOc1cccc(NC(c2ccccc2)P2(=S)OCC(C)(C)CO2)c1. The van der Waals surface area contributed by atoms with Crippen LogP contribution in [-0.2, 0) is 20.9 Å². The third-order valence-electron chi connectivity index (χ3n) is 4.15. The summed E-state index contributed by atoms with van der Waals surface area (Å²) >= 11 is 5.92. The first-order valence-corrected chi connectivity index (χ1v) is 11.6. The third kappa shape index (κ3) is 4.66. The molecule has 1 unspecified atom stereocenters. The molecular weight excluding hydrogens is 365 g/mol. The van der Waals surface area contributed by atoms with E-state index in [9.17, 15) is 0 Å². The Hall–Kier alpha value is -1.39. The monoisotopic (exact) mass is 391 g/mol. The number of anilines is 1. The molecule has 1 saturated heterocycles. The molecule has 2 aromatic rings. The van der Waals surface area contributed by atoms with Crippen molar-refractivity contribution in [3.63, 3.8) is 0 Å². The van der Waals surface area contributed by atoms with Gasteiger partial charge in [-0.2, -0.15) is 0 Å². The van der Waals surface area contributed by atoms with Gasteiger partial charge in [-0.1, -0.05) is 50.2 Å². The van der Waals surface area contributed by atoms with Gasteiger partial charge in [0.05, 0.1) is 19.8 Å². The minimum Gasteiger partial charge on any atom is -0.494 e. The van der Waals surface area contributed by atoms with Crippen LogP contribution in [-0.4, -0.2) is 19.8 Å². The summed E-state index contributed by atoms with van der Waals surface area (Å²) in [6.45, 7) is 5.53. The van der Waals surface area contributed by atoms with E-state index in [0.717, 1.165) is 17.0 Å². The normalized spacial score (nSPS) is 19.5. The van der Waals surface area contributed by atoms with E-state index in [0.29, 0.717) is 19.8 Å². The minimum atomic E-state index is -2.54. The maximum atomic E-state index is 6.16. The van der Waals surface area contributed by atoms with Gasteiger partial charge in [-0.3, -0.25) is 0 Å². The summed E-state index contributed by atoms with van der Waals surface area (Å²) in [6, 6.07) is 18.0. The Kier molecular flexibility index (Phi) is 6.03. The molecule has 0 spiro atoms. The first kappa shape index (κ1) is 19.4. The molecule has 140 valence electrons. The molecule has 2 aromatic carbocycles. The van der Waals surface area contributed by atoms with Crippen LogP contribution in [0.1, 0.15) is 32.1 Å². The van der Waals surface area contributed by atoms with Crippen LogP contribution in [0.25, 0.3) is 0 Å². The lowest BCUT2D eigenvalue weighted by molar-refractivity contribution is 0.0579. The van der Waals surface area contributed by atoms with Gasteiger partial charge in [0, 0.05) is 17.2 Å². The standard InChI is InChI=1S/C20H26NO3PS/c1-4-22-18-12-8-11-17(13-18)21-19(16-9-6-5-7-10-16)25(26)23-14-20(2,3)15-24-25/h5-13,19,21H,4,14-15H2,1-3H3. The summed E-state index contributed by atoms with van der Waals surface area (Å²) in [5, 5.41) is 3.55. The van der Waals surface area contributed by atoms with Crippen LogP contribution < -0.4 is 10.1 Å². The predicted molar refractivity (Wildman–Crippen MR) is 110 cm³/mol. The van der Waals surface area contributed by atoms with Crippen LogP contribution in [0.2, 0.25) is 0 Å². The molecule has 1 aliphatic rings. The van der Waals surface area contributed by atoms with Crippen molar-refractivity contribution in [1.29, 1.82) is 0 Å². The molecule has 26 heavy (non-hydrogen) atoms. The van der Waals surface area contributed by atoms with E-state index in [1.54, 1.807) is 0 Å². The van der Waals surface area contributed by atoms with Gasteiger partial charge in [0.15, 0.2) is 0 Å². The highest BCUT2D eigenvalue weighted by Crippen LogP contribution is 2.64. The number of ether oxygens (including phenoxy) is 1. The zero-order valence-corrected chi connectivity index (χ0v) is 17.2. The van der Waals surface area contributed by atoms with Gasteiger partial charge in [-0.05, 0) is 36.4 Å². The van der Waals surface area contributed by atoms with Gasteiger partial charge in [-0.25, -0.2) is 0 Å². The van der Waals surface area contributed by atoms with Crippen molar-refractivity contribution in [2.75, 3.05) is 25.1 Å². The summed E-state index contributed by atoms with van der Waals surface area (Å²) < 4.78 is 17.9. The number of benzene rings is 2. The van der Waals surface area contributed by atoms with Crippen LogP contribution in [0, 0.1) is 5.41 Å². The lowest BCUT2D eigenvalue weighted by Gasteiger charge is -2.40. The summed E-state index contributed by atoms with van der Waals surface area (Å²) in [6.07, 6.45) is 0. The molecule has 1 fully saturated rings. The Balaban J connectivity index is 1.90. The fraction of sp³-hybridized carbons (Fsp3) is 0.400. The largest absolute Gasteiger partial charge is 0.494 e. The molecule has 1 atom stereocenters. The van der Waals surface area contributed by atoms with Crippen molar-refractivity contribution < 1.29 is 13.8 Å². The van der Waals surface area contributed by atoms with E-state index < -0.39 is 6.49 Å². The maximum absolute atomic E-state index is 6.16. The highest BCUT2D eigenvalue weighted by atomic mass is 32.5. The number of hydrogen-bond acceptors (Lipinski definition) is 5. The van der Waals surface area contributed by atoms with Gasteiger partial charge in [0.1, 0.15) is 11.5 Å². The van der Waals surface area contributed by atoms with Crippen molar-refractivity contribution in [3.05, 3.63) is 60.2 Å². The fourth-order valence-electron chi connectivity index (χ4n) is 2.74. The number of nitrogens with one attached hydrogen (secondary N) is 1. The van der Waals surface area contributed by atoms with Gasteiger partial charge in [-0.15, -0.1) is 0 Å². The topological polar surface area (TPSA) is 39.7 Å². The molecule has 1 N–H and O–H groups in total. The second kappa shape index (κ2) is 8.10. The zero-order valence-electron chi connectivity index (χ0n) is 15.5. The molecule has 6 heteroatoms. The van der Waals surface area contributed by atoms with Gasteiger partial charge >= 0.3 is 0 Å². The highest BCUT2D eigenvalue weighted by molar-refractivity contribution is 8.10. The average Bonchev–Trinajstić information content (AvgIpc) is 2.64. The maximum Gasteiger partial charge on any atom is 0.215 e. The van der Waals surface area contributed by atoms with Crippen molar-refractivity contribution in [3.8, 4) is 5.75 Å². The second-order valence-electron chi connectivity index (χ2n) is 7.17. The fourth-order valence-corrected chi connectivity index (χ4v) is 5.85. The van der Waals surface area contributed by atoms with E-state index in [1.807, 2.05) is 49.4 Å². The van der Waals surface area contributed by atoms with Crippen LogP contribution in [0.3, 0.4) is 0 Å². The molecule has 4 nitrogen and oxygen atoms in total. The van der Waals surface area contributed by atoms with E-state index in [-0.39, 0.29) is 11.2 Å². The molecule has 0 aliphatic carbocycles. The van der Waals surface area contributed by atoms with Crippen molar-refractivity contribution in [2.45, 2.75) is 26.6 Å². The van der Waals surface area contributed by atoms with Crippen LogP contribution in [0.15, 0.2) is 54.6 Å². The van der Waals surface area contributed by atoms with Crippen molar-refractivity contribution in [1.82, 2.24) is 0 Å². The van der Waals surface area contributed by atoms with E-state index >= 15 is 0 Å². The van der Waals surface area contributed by atoms with Gasteiger partial charge in [0.2, 0.25) is 6.49 Å². The molecule has 0 amide bonds. The summed E-state index contributed by atoms with van der Waals surface area (Å²) in [5.74, 6) is 0.611. The van der Waals surface area contributed by atoms with Crippen molar-refractivity contribution >= 4 is 24.0 Å². The molecule has 1 heterocycles. The third-order valence-corrected chi connectivity index (χ3v) is 7.45.